The van der Waals surface area contributed by atoms with Crippen LogP contribution in [0.2, 0.25) is 0 Å². The Morgan fingerprint density at radius 3 is 0.929 bits per heavy atom. The summed E-state index contributed by atoms with van der Waals surface area (Å²) in [6.07, 6.45) is 30.2. The standard InChI is InChI=1S/C37H72O5/c1-33(2)27-23-19-15-11-9-7-5-6-8-10-12-17-21-25-29-36(39)41-31-35(38)32-42-37(40)30-26-22-18-14-13-16-20-24-28-34(3)4/h33-35,38H,5-32H2,1-4H3/t35-/m1/s1. The molecule has 0 heterocycles. The Labute approximate surface area is 261 Å². The molecule has 0 aliphatic rings. The van der Waals surface area contributed by atoms with Gasteiger partial charge in [0.05, 0.1) is 0 Å². The first kappa shape index (κ1) is 40.9. The molecule has 1 atom stereocenters. The molecule has 0 bridgehead atoms. The Balaban J connectivity index is 3.39. The number of carbonyl (C=O) groups is 2. The lowest BCUT2D eigenvalue weighted by Crippen LogP contribution is -2.25. The maximum absolute atomic E-state index is 11.9. The van der Waals surface area contributed by atoms with Crippen LogP contribution in [0.4, 0.5) is 0 Å². The average molecular weight is 597 g/mol. The Bertz CT molecular complexity index is 589. The minimum Gasteiger partial charge on any atom is -0.463 e. The van der Waals surface area contributed by atoms with Crippen LogP contribution in [0.15, 0.2) is 0 Å². The van der Waals surface area contributed by atoms with Crippen LogP contribution in [0, 0.1) is 11.8 Å². The molecule has 0 aromatic heterocycles. The minimum atomic E-state index is -0.955. The molecule has 0 aromatic rings. The fraction of sp³-hybridized carbons (Fsp3) is 0.946. The molecule has 0 fully saturated rings. The molecular weight excluding hydrogens is 524 g/mol. The third-order valence-electron chi connectivity index (χ3n) is 8.20. The predicted molar refractivity (Wildman–Crippen MR) is 178 cm³/mol. The van der Waals surface area contributed by atoms with Crippen LogP contribution in [0.3, 0.4) is 0 Å². The highest BCUT2D eigenvalue weighted by Gasteiger charge is 2.12. The van der Waals surface area contributed by atoms with Gasteiger partial charge in [-0.15, -0.1) is 0 Å². The lowest BCUT2D eigenvalue weighted by atomic mass is 10.0. The molecule has 0 rings (SSSR count). The number of ether oxygens (including phenoxy) is 2. The van der Waals surface area contributed by atoms with Gasteiger partial charge in [0, 0.05) is 12.8 Å². The van der Waals surface area contributed by atoms with Crippen molar-refractivity contribution in [3.05, 3.63) is 0 Å². The molecule has 0 aliphatic carbocycles. The molecule has 0 radical (unpaired) electrons. The Morgan fingerprint density at radius 2 is 0.667 bits per heavy atom. The monoisotopic (exact) mass is 597 g/mol. The van der Waals surface area contributed by atoms with Crippen LogP contribution in [-0.4, -0.2) is 36.4 Å². The van der Waals surface area contributed by atoms with E-state index in [0.717, 1.165) is 43.9 Å². The van der Waals surface area contributed by atoms with Gasteiger partial charge in [0.15, 0.2) is 0 Å². The third-order valence-corrected chi connectivity index (χ3v) is 8.20. The smallest absolute Gasteiger partial charge is 0.305 e. The molecule has 0 saturated carbocycles. The van der Waals surface area contributed by atoms with Gasteiger partial charge in [-0.1, -0.05) is 169 Å². The minimum absolute atomic E-state index is 0.110. The van der Waals surface area contributed by atoms with E-state index >= 15 is 0 Å². The van der Waals surface area contributed by atoms with Crippen molar-refractivity contribution < 1.29 is 24.2 Å². The van der Waals surface area contributed by atoms with Gasteiger partial charge in [0.2, 0.25) is 0 Å². The van der Waals surface area contributed by atoms with E-state index in [4.69, 9.17) is 9.47 Å². The molecule has 0 amide bonds. The molecule has 0 unspecified atom stereocenters. The fourth-order valence-electron chi connectivity index (χ4n) is 5.40. The molecule has 0 aliphatic heterocycles. The SMILES string of the molecule is CC(C)CCCCCCCCCCCCCCCCC(=O)OC[C@@H](O)COC(=O)CCCCCCCCCCC(C)C. The lowest BCUT2D eigenvalue weighted by molar-refractivity contribution is -0.152. The van der Waals surface area contributed by atoms with E-state index in [1.165, 1.54) is 122 Å². The summed E-state index contributed by atoms with van der Waals surface area (Å²) in [4.78, 5) is 23.8. The van der Waals surface area contributed by atoms with Gasteiger partial charge >= 0.3 is 11.9 Å². The molecule has 5 nitrogen and oxygen atoms in total. The molecule has 1 N–H and O–H groups in total. The first-order chi connectivity index (χ1) is 20.3. The van der Waals surface area contributed by atoms with Crippen LogP contribution in [-0.2, 0) is 19.1 Å². The van der Waals surface area contributed by atoms with E-state index < -0.39 is 6.10 Å². The highest BCUT2D eigenvalue weighted by Crippen LogP contribution is 2.16. The number of rotatable bonds is 32. The van der Waals surface area contributed by atoms with Crippen molar-refractivity contribution in [2.45, 2.75) is 201 Å². The number of hydrogen-bond acceptors (Lipinski definition) is 5. The molecule has 0 saturated heterocycles. The normalized spacial score (nSPS) is 12.3. The lowest BCUT2D eigenvalue weighted by Gasteiger charge is -2.12. The first-order valence-electron chi connectivity index (χ1n) is 18.3. The molecular formula is C37H72O5. The number of esters is 2. The van der Waals surface area contributed by atoms with Crippen molar-refractivity contribution in [3.8, 4) is 0 Å². The van der Waals surface area contributed by atoms with Crippen molar-refractivity contribution in [2.24, 2.45) is 11.8 Å². The Morgan fingerprint density at radius 1 is 0.429 bits per heavy atom. The van der Waals surface area contributed by atoms with Gasteiger partial charge in [0.25, 0.3) is 0 Å². The molecule has 0 spiro atoms. The molecule has 5 heteroatoms. The highest BCUT2D eigenvalue weighted by molar-refractivity contribution is 5.69. The van der Waals surface area contributed by atoms with E-state index in [9.17, 15) is 14.7 Å². The van der Waals surface area contributed by atoms with Crippen molar-refractivity contribution >= 4 is 11.9 Å². The number of carbonyl (C=O) groups excluding carboxylic acids is 2. The summed E-state index contributed by atoms with van der Waals surface area (Å²) >= 11 is 0. The first-order valence-corrected chi connectivity index (χ1v) is 18.3. The molecule has 0 aromatic carbocycles. The maximum atomic E-state index is 11.9. The average Bonchev–Trinajstić information content (AvgIpc) is 2.95. The summed E-state index contributed by atoms with van der Waals surface area (Å²) < 4.78 is 10.3. The van der Waals surface area contributed by atoms with Gasteiger partial charge in [-0.3, -0.25) is 9.59 Å². The second-order valence-electron chi connectivity index (χ2n) is 13.7. The fourth-order valence-corrected chi connectivity index (χ4v) is 5.40. The predicted octanol–water partition coefficient (Wildman–Crippen LogP) is 10.9. The molecule has 250 valence electrons. The van der Waals surface area contributed by atoms with Crippen LogP contribution in [0.5, 0.6) is 0 Å². The van der Waals surface area contributed by atoms with Crippen LogP contribution in [0.25, 0.3) is 0 Å². The summed E-state index contributed by atoms with van der Waals surface area (Å²) in [7, 11) is 0. The number of unbranched alkanes of at least 4 members (excludes halogenated alkanes) is 20. The largest absolute Gasteiger partial charge is 0.463 e. The zero-order valence-electron chi connectivity index (χ0n) is 28.6. The Kier molecular flexibility index (Phi) is 30.5. The summed E-state index contributed by atoms with van der Waals surface area (Å²) in [5.74, 6) is 1.10. The summed E-state index contributed by atoms with van der Waals surface area (Å²) in [5.41, 5.74) is 0. The van der Waals surface area contributed by atoms with Gasteiger partial charge in [0.1, 0.15) is 19.3 Å². The van der Waals surface area contributed by atoms with Gasteiger partial charge in [-0.2, -0.15) is 0 Å². The highest BCUT2D eigenvalue weighted by atomic mass is 16.6. The zero-order chi connectivity index (χ0) is 31.1. The Hall–Kier alpha value is -1.10. The summed E-state index contributed by atoms with van der Waals surface area (Å²) in [6, 6.07) is 0. The zero-order valence-corrected chi connectivity index (χ0v) is 28.6. The van der Waals surface area contributed by atoms with Crippen LogP contribution in [0.1, 0.15) is 195 Å². The number of hydrogen-bond donors (Lipinski definition) is 1. The second-order valence-corrected chi connectivity index (χ2v) is 13.7. The van der Waals surface area contributed by atoms with E-state index in [-0.39, 0.29) is 25.2 Å². The van der Waals surface area contributed by atoms with E-state index in [1.807, 2.05) is 0 Å². The van der Waals surface area contributed by atoms with E-state index in [2.05, 4.69) is 27.7 Å². The van der Waals surface area contributed by atoms with Gasteiger partial charge in [-0.25, -0.2) is 0 Å². The van der Waals surface area contributed by atoms with Crippen molar-refractivity contribution in [1.82, 2.24) is 0 Å². The summed E-state index contributed by atoms with van der Waals surface area (Å²) in [6.45, 7) is 8.97. The van der Waals surface area contributed by atoms with E-state index in [1.54, 1.807) is 0 Å². The quantitative estimate of drug-likeness (QED) is 0.0617. The van der Waals surface area contributed by atoms with Crippen LogP contribution >= 0.6 is 0 Å². The topological polar surface area (TPSA) is 72.8 Å². The van der Waals surface area contributed by atoms with Crippen molar-refractivity contribution in [3.63, 3.8) is 0 Å². The summed E-state index contributed by atoms with van der Waals surface area (Å²) in [5, 5.41) is 9.97. The van der Waals surface area contributed by atoms with Crippen LogP contribution < -0.4 is 0 Å². The maximum Gasteiger partial charge on any atom is 0.305 e. The number of aliphatic hydroxyl groups is 1. The van der Waals surface area contributed by atoms with Crippen molar-refractivity contribution in [1.29, 1.82) is 0 Å². The number of aliphatic hydroxyl groups excluding tert-OH is 1. The van der Waals surface area contributed by atoms with E-state index in [0.29, 0.717) is 12.8 Å². The third kappa shape index (κ3) is 33.4. The van der Waals surface area contributed by atoms with Crippen molar-refractivity contribution in [2.75, 3.05) is 13.2 Å². The van der Waals surface area contributed by atoms with Gasteiger partial charge in [-0.05, 0) is 24.7 Å². The van der Waals surface area contributed by atoms with Gasteiger partial charge < -0.3 is 14.6 Å². The second kappa shape index (κ2) is 31.3. The molecule has 42 heavy (non-hydrogen) atoms.